The van der Waals surface area contributed by atoms with E-state index in [4.69, 9.17) is 11.6 Å². The summed E-state index contributed by atoms with van der Waals surface area (Å²) in [5.41, 5.74) is 1.07. The van der Waals surface area contributed by atoms with Gasteiger partial charge in [-0.15, -0.1) is 0 Å². The number of hydrogen-bond acceptors (Lipinski definition) is 4. The molecule has 1 atom stereocenters. The van der Waals surface area contributed by atoms with E-state index >= 15 is 0 Å². The molecule has 0 unspecified atom stereocenters. The number of halogens is 2. The van der Waals surface area contributed by atoms with Crippen LogP contribution in [0.5, 0.6) is 0 Å². The summed E-state index contributed by atoms with van der Waals surface area (Å²) in [5.74, 6) is 0.0212. The van der Waals surface area contributed by atoms with Crippen LogP contribution in [0, 0.1) is 24.1 Å². The molecule has 0 radical (unpaired) electrons. The highest BCUT2D eigenvalue weighted by Crippen LogP contribution is 2.41. The molecule has 7 heteroatoms. The lowest BCUT2D eigenvalue weighted by molar-refractivity contribution is -0.131. The number of nitrogens with one attached hydrogen (secondary N) is 1. The molecule has 194 valence electrons. The van der Waals surface area contributed by atoms with Crippen molar-refractivity contribution >= 4 is 29.5 Å². The molecule has 1 aliphatic carbocycles. The van der Waals surface area contributed by atoms with E-state index in [1.165, 1.54) is 23.6 Å². The lowest BCUT2D eigenvalue weighted by Crippen LogP contribution is -2.44. The highest BCUT2D eigenvalue weighted by Gasteiger charge is 2.39. The van der Waals surface area contributed by atoms with Crippen LogP contribution in [0.4, 0.5) is 4.39 Å². The van der Waals surface area contributed by atoms with Crippen molar-refractivity contribution in [2.75, 3.05) is 19.6 Å². The van der Waals surface area contributed by atoms with Crippen molar-refractivity contribution < 1.29 is 14.3 Å². The van der Waals surface area contributed by atoms with Crippen LogP contribution in [0.3, 0.4) is 0 Å². The van der Waals surface area contributed by atoms with Gasteiger partial charge in [0.05, 0.1) is 11.1 Å². The molecule has 0 aromatic heterocycles. The molecule has 35 heavy (non-hydrogen) atoms. The summed E-state index contributed by atoms with van der Waals surface area (Å²) in [6.45, 7) is 9.74. The van der Waals surface area contributed by atoms with Gasteiger partial charge in [-0.2, -0.15) is 0 Å². The van der Waals surface area contributed by atoms with E-state index in [0.29, 0.717) is 12.5 Å². The first-order chi connectivity index (χ1) is 16.6. The van der Waals surface area contributed by atoms with Crippen LogP contribution in [-0.2, 0) is 4.79 Å². The van der Waals surface area contributed by atoms with Crippen LogP contribution >= 0.6 is 23.5 Å². The smallest absolute Gasteiger partial charge is 0.226 e. The van der Waals surface area contributed by atoms with E-state index in [2.05, 4.69) is 45.1 Å². The largest absolute Gasteiger partial charge is 0.390 e. The molecule has 0 bridgehead atoms. The van der Waals surface area contributed by atoms with E-state index in [-0.39, 0.29) is 22.9 Å². The minimum absolute atomic E-state index is 0.0694. The maximum atomic E-state index is 13.4. The third-order valence-electron chi connectivity index (χ3n) is 6.27. The van der Waals surface area contributed by atoms with Crippen LogP contribution in [0.25, 0.3) is 0 Å². The summed E-state index contributed by atoms with van der Waals surface area (Å²) in [6, 6.07) is 14.9. The SMILES string of the molecule is CCC1(C(=O)NC[C@H](O)CN(CC(C)C)Sc2ccc(F)c(Cl)c2)CCCC1.Cc1ccccc1. The Bertz CT molecular complexity index is 907. The quantitative estimate of drug-likeness (QED) is 0.334. The molecule has 4 nitrogen and oxygen atoms in total. The molecular weight excluding hydrogens is 483 g/mol. The molecule has 2 aromatic carbocycles. The molecule has 1 fully saturated rings. The Kier molecular flexibility index (Phi) is 12.6. The van der Waals surface area contributed by atoms with Gasteiger partial charge < -0.3 is 10.4 Å². The van der Waals surface area contributed by atoms with Gasteiger partial charge >= 0.3 is 0 Å². The molecule has 3 rings (SSSR count). The van der Waals surface area contributed by atoms with Crippen molar-refractivity contribution in [1.82, 2.24) is 9.62 Å². The number of rotatable bonds is 10. The third-order valence-corrected chi connectivity index (χ3v) is 7.58. The summed E-state index contributed by atoms with van der Waals surface area (Å²) in [4.78, 5) is 13.5. The Hall–Kier alpha value is -1.60. The van der Waals surface area contributed by atoms with Gasteiger partial charge in [0.1, 0.15) is 5.82 Å². The molecule has 2 N–H and O–H groups in total. The molecule has 0 spiro atoms. The highest BCUT2D eigenvalue weighted by molar-refractivity contribution is 7.97. The van der Waals surface area contributed by atoms with Crippen LogP contribution in [0.2, 0.25) is 5.02 Å². The predicted molar refractivity (Wildman–Crippen MR) is 145 cm³/mol. The number of aliphatic hydroxyl groups is 1. The molecular formula is C28H40ClFN2O2S. The Morgan fingerprint density at radius 3 is 2.34 bits per heavy atom. The van der Waals surface area contributed by atoms with Crippen LogP contribution in [0.1, 0.15) is 58.4 Å². The highest BCUT2D eigenvalue weighted by atomic mass is 35.5. The summed E-state index contributed by atoms with van der Waals surface area (Å²) in [6.07, 6.45) is 4.24. The Labute approximate surface area is 219 Å². The molecule has 0 heterocycles. The molecule has 1 amide bonds. The zero-order valence-corrected chi connectivity index (χ0v) is 23.0. The van der Waals surface area contributed by atoms with Crippen molar-refractivity contribution in [2.24, 2.45) is 11.3 Å². The van der Waals surface area contributed by atoms with E-state index in [0.717, 1.165) is 43.5 Å². The van der Waals surface area contributed by atoms with Gasteiger partial charge in [-0.05, 0) is 62.3 Å². The second-order valence-electron chi connectivity index (χ2n) is 9.77. The first-order valence-corrected chi connectivity index (χ1v) is 13.7. The standard InChI is InChI=1S/C21H32ClFN2O2S.C7H8/c1-4-21(9-5-6-10-21)20(27)24-12-16(26)14-25(13-15(2)3)28-17-7-8-19(23)18(22)11-17;1-7-5-3-2-4-6-7/h7-8,11,15-16,26H,4-6,9-10,12-14H2,1-3H3,(H,24,27);2-6H,1H3/t16-;/m0./s1. The predicted octanol–water partition coefficient (Wildman–Crippen LogP) is 6.89. The fourth-order valence-electron chi connectivity index (χ4n) is 4.26. The average Bonchev–Trinajstić information content (AvgIpc) is 3.31. The van der Waals surface area contributed by atoms with Crippen LogP contribution < -0.4 is 5.32 Å². The first-order valence-electron chi connectivity index (χ1n) is 12.5. The molecule has 1 aliphatic rings. The fourth-order valence-corrected chi connectivity index (χ4v) is 5.73. The normalized spacial score (nSPS) is 15.6. The van der Waals surface area contributed by atoms with Gasteiger partial charge in [-0.3, -0.25) is 4.79 Å². The average molecular weight is 523 g/mol. The van der Waals surface area contributed by atoms with Crippen LogP contribution in [0.15, 0.2) is 53.4 Å². The van der Waals surface area contributed by atoms with E-state index < -0.39 is 11.9 Å². The summed E-state index contributed by atoms with van der Waals surface area (Å²) in [5, 5.41) is 13.5. The van der Waals surface area contributed by atoms with Crippen molar-refractivity contribution in [3.05, 3.63) is 64.9 Å². The number of aliphatic hydroxyl groups excluding tert-OH is 1. The molecule has 0 aliphatic heterocycles. The summed E-state index contributed by atoms with van der Waals surface area (Å²) < 4.78 is 15.4. The minimum Gasteiger partial charge on any atom is -0.390 e. The second-order valence-corrected chi connectivity index (χ2v) is 11.3. The Morgan fingerprint density at radius 1 is 1.17 bits per heavy atom. The maximum absolute atomic E-state index is 13.4. The van der Waals surface area contributed by atoms with Crippen LogP contribution in [-0.4, -0.2) is 41.1 Å². The van der Waals surface area contributed by atoms with Gasteiger partial charge in [0.2, 0.25) is 5.91 Å². The van der Waals surface area contributed by atoms with Crippen molar-refractivity contribution in [2.45, 2.75) is 70.8 Å². The van der Waals surface area contributed by atoms with Crippen molar-refractivity contribution in [3.8, 4) is 0 Å². The molecule has 1 saturated carbocycles. The third kappa shape index (κ3) is 10.1. The maximum Gasteiger partial charge on any atom is 0.226 e. The number of aryl methyl sites for hydroxylation is 1. The van der Waals surface area contributed by atoms with Crippen molar-refractivity contribution in [1.29, 1.82) is 0 Å². The number of amides is 1. The van der Waals surface area contributed by atoms with Gasteiger partial charge in [0.25, 0.3) is 0 Å². The van der Waals surface area contributed by atoms with Gasteiger partial charge in [-0.25, -0.2) is 8.70 Å². The summed E-state index contributed by atoms with van der Waals surface area (Å²) >= 11 is 7.32. The number of hydrogen-bond donors (Lipinski definition) is 2. The van der Waals surface area contributed by atoms with Crippen molar-refractivity contribution in [3.63, 3.8) is 0 Å². The Balaban J connectivity index is 0.000000527. The van der Waals surface area contributed by atoms with E-state index in [1.807, 2.05) is 22.5 Å². The zero-order chi connectivity index (χ0) is 25.8. The topological polar surface area (TPSA) is 52.6 Å². The Morgan fingerprint density at radius 2 is 1.83 bits per heavy atom. The zero-order valence-electron chi connectivity index (χ0n) is 21.4. The molecule has 0 saturated heterocycles. The summed E-state index contributed by atoms with van der Waals surface area (Å²) in [7, 11) is 0. The van der Waals surface area contributed by atoms with Gasteiger partial charge in [-0.1, -0.05) is 81.1 Å². The number of benzene rings is 2. The van der Waals surface area contributed by atoms with E-state index in [9.17, 15) is 14.3 Å². The number of carbonyl (C=O) groups excluding carboxylic acids is 1. The number of nitrogens with zero attached hydrogens (tertiary/aromatic N) is 1. The van der Waals surface area contributed by atoms with Gasteiger partial charge in [0.15, 0.2) is 0 Å². The minimum atomic E-state index is -0.679. The lowest BCUT2D eigenvalue weighted by Gasteiger charge is -2.28. The second kappa shape index (κ2) is 14.8. The molecule has 2 aromatic rings. The first kappa shape index (κ1) is 29.6. The van der Waals surface area contributed by atoms with E-state index in [1.54, 1.807) is 12.1 Å². The lowest BCUT2D eigenvalue weighted by atomic mass is 9.82. The number of carbonyl (C=O) groups is 1. The monoisotopic (exact) mass is 522 g/mol. The fraction of sp³-hybridized carbons (Fsp3) is 0.536. The van der Waals surface area contributed by atoms with Gasteiger partial charge in [0, 0.05) is 29.9 Å².